The van der Waals surface area contributed by atoms with Gasteiger partial charge in [0.25, 0.3) is 16.1 Å². The fourth-order valence-corrected chi connectivity index (χ4v) is 5.04. The molecule has 2 aromatic heterocycles. The number of nitrogens with zero attached hydrogens (tertiary/aromatic N) is 7. The number of nitrogen functional groups attached to an aromatic ring is 2. The predicted molar refractivity (Wildman–Crippen MR) is 191 cm³/mol. The van der Waals surface area contributed by atoms with Crippen LogP contribution < -0.4 is 31.2 Å². The van der Waals surface area contributed by atoms with Gasteiger partial charge in [-0.2, -0.15) is 9.97 Å². The highest BCUT2D eigenvalue weighted by atomic mass is 17.0. The van der Waals surface area contributed by atoms with E-state index in [0.717, 1.165) is 0 Å². The van der Waals surface area contributed by atoms with Crippen molar-refractivity contribution in [3.8, 4) is 11.5 Å². The third-order valence-electron chi connectivity index (χ3n) is 7.62. The number of hydrogen-bond donors (Lipinski definition) is 3. The van der Waals surface area contributed by atoms with Crippen molar-refractivity contribution in [1.29, 1.82) is 0 Å². The molecule has 0 radical (unpaired) electrons. The SMILES string of the molecule is CN(Cc1cnc2nc(N)nc(N)c2n1)c1ccc(C(=O)NC(CCC(=O)Oc2cccc(CO[N+](=O)[O-])c2)C(=O)Oc2cccc(CO[N+](=O)[O-])c2)cc1. The highest BCUT2D eigenvalue weighted by Crippen LogP contribution is 2.21. The first-order chi connectivity index (χ1) is 26.3. The Morgan fingerprint density at radius 3 is 2.09 bits per heavy atom. The van der Waals surface area contributed by atoms with Gasteiger partial charge in [-0.15, -0.1) is 20.2 Å². The minimum Gasteiger partial charge on any atom is -0.427 e. The summed E-state index contributed by atoms with van der Waals surface area (Å²) in [6, 6.07) is 16.7. The monoisotopic (exact) mass is 756 g/mol. The molecule has 21 heteroatoms. The molecule has 0 saturated carbocycles. The lowest BCUT2D eigenvalue weighted by molar-refractivity contribution is -0.763. The molecule has 21 nitrogen and oxygen atoms in total. The van der Waals surface area contributed by atoms with E-state index in [-0.39, 0.29) is 53.9 Å². The third-order valence-corrected chi connectivity index (χ3v) is 7.62. The molecule has 0 fully saturated rings. The van der Waals surface area contributed by atoms with Crippen molar-refractivity contribution in [3.05, 3.63) is 122 Å². The molecule has 0 aliphatic carbocycles. The highest BCUT2D eigenvalue weighted by Gasteiger charge is 2.25. The van der Waals surface area contributed by atoms with E-state index in [0.29, 0.717) is 34.6 Å². The van der Waals surface area contributed by atoms with Gasteiger partial charge in [0, 0.05) is 24.7 Å². The van der Waals surface area contributed by atoms with Crippen LogP contribution in [0.3, 0.4) is 0 Å². The molecular weight excluding hydrogens is 724 g/mol. The number of carbonyl (C=O) groups excluding carboxylic acids is 3. The lowest BCUT2D eigenvalue weighted by Crippen LogP contribution is -2.43. The number of anilines is 3. The number of ether oxygens (including phenoxy) is 2. The predicted octanol–water partition coefficient (Wildman–Crippen LogP) is 2.73. The summed E-state index contributed by atoms with van der Waals surface area (Å²) >= 11 is 0. The Hall–Kier alpha value is -7.71. The molecule has 0 aliphatic rings. The topological polar surface area (TPSA) is 293 Å². The number of carbonyl (C=O) groups is 3. The van der Waals surface area contributed by atoms with E-state index in [1.54, 1.807) is 19.2 Å². The lowest BCUT2D eigenvalue weighted by Gasteiger charge is -2.20. The van der Waals surface area contributed by atoms with Crippen molar-refractivity contribution in [2.45, 2.75) is 38.6 Å². The van der Waals surface area contributed by atoms with Crippen LogP contribution in [0, 0.1) is 20.2 Å². The summed E-state index contributed by atoms with van der Waals surface area (Å²) in [6.07, 6.45) is 0.913. The quantitative estimate of drug-likeness (QED) is 0.0531. The maximum absolute atomic E-state index is 13.4. The van der Waals surface area contributed by atoms with E-state index >= 15 is 0 Å². The Morgan fingerprint density at radius 1 is 0.855 bits per heavy atom. The minimum absolute atomic E-state index is 0.00729. The van der Waals surface area contributed by atoms with Gasteiger partial charge in [0.05, 0.1) is 18.4 Å². The average molecular weight is 757 g/mol. The maximum Gasteiger partial charge on any atom is 0.334 e. The maximum atomic E-state index is 13.4. The Kier molecular flexibility index (Phi) is 12.4. The van der Waals surface area contributed by atoms with Gasteiger partial charge < -0.3 is 40.8 Å². The van der Waals surface area contributed by atoms with E-state index in [2.05, 4.69) is 34.9 Å². The molecule has 5 rings (SSSR count). The zero-order chi connectivity index (χ0) is 39.5. The van der Waals surface area contributed by atoms with Gasteiger partial charge in [0.2, 0.25) is 5.95 Å². The van der Waals surface area contributed by atoms with Gasteiger partial charge in [-0.3, -0.25) is 9.59 Å². The number of benzene rings is 3. The van der Waals surface area contributed by atoms with Crippen LogP contribution in [0.2, 0.25) is 0 Å². The van der Waals surface area contributed by atoms with E-state index < -0.39 is 40.7 Å². The number of amides is 1. The molecule has 0 saturated heterocycles. The number of hydrogen-bond acceptors (Lipinski definition) is 18. The van der Waals surface area contributed by atoms with Gasteiger partial charge in [0.15, 0.2) is 17.0 Å². The zero-order valence-electron chi connectivity index (χ0n) is 28.9. The van der Waals surface area contributed by atoms with Crippen molar-refractivity contribution in [3.63, 3.8) is 0 Å². The van der Waals surface area contributed by atoms with Gasteiger partial charge >= 0.3 is 11.9 Å². The molecule has 284 valence electrons. The summed E-state index contributed by atoms with van der Waals surface area (Å²) in [5.74, 6) is -2.21. The second-order valence-electron chi connectivity index (χ2n) is 11.7. The van der Waals surface area contributed by atoms with Crippen molar-refractivity contribution >= 4 is 46.5 Å². The standard InChI is InChI=1S/C34H32N10O11/c1-42(17-23-16-37-31-29(38-23)30(35)40-34(36)41-31)24-10-8-22(9-11-24)32(46)39-27(33(47)55-26-7-3-5-21(15-26)19-53-44(50)51)12-13-28(45)54-25-6-2-4-20(14-25)18-52-43(48)49/h2-11,14-16,27H,12-13,17-19H2,1H3,(H,39,46)(H4,35,36,37,40,41). The zero-order valence-corrected chi connectivity index (χ0v) is 28.9. The van der Waals surface area contributed by atoms with Crippen LogP contribution in [-0.2, 0) is 39.0 Å². The van der Waals surface area contributed by atoms with Crippen molar-refractivity contribution in [2.24, 2.45) is 0 Å². The first-order valence-corrected chi connectivity index (χ1v) is 16.1. The van der Waals surface area contributed by atoms with Crippen molar-refractivity contribution in [1.82, 2.24) is 25.3 Å². The Morgan fingerprint density at radius 2 is 1.47 bits per heavy atom. The molecule has 5 N–H and O–H groups in total. The molecular formula is C34H32N10O11. The molecule has 0 aliphatic heterocycles. The number of esters is 2. The summed E-state index contributed by atoms with van der Waals surface area (Å²) in [5, 5.41) is 21.8. The summed E-state index contributed by atoms with van der Waals surface area (Å²) < 4.78 is 10.8. The number of nitrogens with two attached hydrogens (primary N) is 2. The van der Waals surface area contributed by atoms with Gasteiger partial charge in [-0.05, 0) is 66.1 Å². The number of aromatic nitrogens is 4. The van der Waals surface area contributed by atoms with Gasteiger partial charge in [-0.1, -0.05) is 24.3 Å². The van der Waals surface area contributed by atoms with Crippen LogP contribution in [0.5, 0.6) is 11.5 Å². The van der Waals surface area contributed by atoms with Crippen molar-refractivity contribution < 1.29 is 43.7 Å². The van der Waals surface area contributed by atoms with Crippen LogP contribution in [-0.4, -0.2) is 61.0 Å². The van der Waals surface area contributed by atoms with E-state index in [1.165, 1.54) is 66.9 Å². The molecule has 2 heterocycles. The van der Waals surface area contributed by atoms with Crippen LogP contribution in [0.4, 0.5) is 17.5 Å². The first kappa shape index (κ1) is 38.5. The van der Waals surface area contributed by atoms with E-state index in [4.69, 9.17) is 20.9 Å². The van der Waals surface area contributed by atoms with Crippen LogP contribution in [0.1, 0.15) is 40.0 Å². The fourth-order valence-electron chi connectivity index (χ4n) is 5.04. The van der Waals surface area contributed by atoms with Crippen LogP contribution >= 0.6 is 0 Å². The van der Waals surface area contributed by atoms with Gasteiger partial charge in [0.1, 0.15) is 30.8 Å². The summed E-state index contributed by atoms with van der Waals surface area (Å²) in [7, 11) is 1.80. The van der Waals surface area contributed by atoms with E-state index in [1.807, 2.05) is 4.90 Å². The Labute approximate surface area is 310 Å². The summed E-state index contributed by atoms with van der Waals surface area (Å²) in [5.41, 5.74) is 14.3. The third kappa shape index (κ3) is 11.1. The fraction of sp³-hybridized carbons (Fsp3) is 0.206. The Balaban J connectivity index is 1.26. The first-order valence-electron chi connectivity index (χ1n) is 16.1. The smallest absolute Gasteiger partial charge is 0.334 e. The molecule has 1 unspecified atom stereocenters. The molecule has 0 bridgehead atoms. The summed E-state index contributed by atoms with van der Waals surface area (Å²) in [6.45, 7) is -0.460. The molecule has 5 aromatic rings. The van der Waals surface area contributed by atoms with Gasteiger partial charge in [-0.25, -0.2) is 14.8 Å². The normalized spacial score (nSPS) is 11.2. The van der Waals surface area contributed by atoms with Crippen molar-refractivity contribution in [2.75, 3.05) is 23.4 Å². The second kappa shape index (κ2) is 17.7. The second-order valence-corrected chi connectivity index (χ2v) is 11.7. The summed E-state index contributed by atoms with van der Waals surface area (Å²) in [4.78, 5) is 88.0. The minimum atomic E-state index is -1.36. The number of nitrogens with one attached hydrogen (secondary N) is 1. The molecule has 3 aromatic carbocycles. The number of fused-ring (bicyclic) bond motifs is 1. The average Bonchev–Trinajstić information content (AvgIpc) is 3.15. The molecule has 55 heavy (non-hydrogen) atoms. The molecule has 1 amide bonds. The number of rotatable bonds is 17. The molecule has 0 spiro atoms. The van der Waals surface area contributed by atoms with Crippen LogP contribution in [0.15, 0.2) is 79.0 Å². The van der Waals surface area contributed by atoms with E-state index in [9.17, 15) is 34.6 Å². The lowest BCUT2D eigenvalue weighted by atomic mass is 10.1. The largest absolute Gasteiger partial charge is 0.427 e. The van der Waals surface area contributed by atoms with Crippen LogP contribution in [0.25, 0.3) is 11.2 Å². The highest BCUT2D eigenvalue weighted by molar-refractivity contribution is 5.97. The molecule has 1 atom stereocenters. The Bertz CT molecular complexity index is 2220.